The summed E-state index contributed by atoms with van der Waals surface area (Å²) in [5.41, 5.74) is 15.3. The average molecular weight is 264 g/mol. The Morgan fingerprint density at radius 3 is 2.35 bits per heavy atom. The zero-order valence-corrected chi connectivity index (χ0v) is 11.0. The Hall–Kier alpha value is -2.46. The monoisotopic (exact) mass is 264 g/mol. The summed E-state index contributed by atoms with van der Waals surface area (Å²) in [5, 5.41) is 0. The molecule has 0 saturated carbocycles. The van der Waals surface area contributed by atoms with Crippen molar-refractivity contribution < 1.29 is 0 Å². The molecule has 0 radical (unpaired) electrons. The van der Waals surface area contributed by atoms with Gasteiger partial charge in [0.2, 0.25) is 5.95 Å². The number of hydrogen-bond acceptors (Lipinski definition) is 4. The quantitative estimate of drug-likeness (QED) is 0.892. The van der Waals surface area contributed by atoms with Gasteiger partial charge in [-0.05, 0) is 11.6 Å². The Balaban J connectivity index is 2.00. The molecule has 1 aliphatic carbocycles. The molecule has 0 atom stereocenters. The Morgan fingerprint density at radius 2 is 1.70 bits per heavy atom. The van der Waals surface area contributed by atoms with Crippen LogP contribution in [0.5, 0.6) is 0 Å². The van der Waals surface area contributed by atoms with Crippen LogP contribution in [0.25, 0.3) is 11.3 Å². The number of aromatic nitrogens is 2. The van der Waals surface area contributed by atoms with Gasteiger partial charge in [0.05, 0.1) is 11.4 Å². The maximum atomic E-state index is 5.83. The maximum absolute atomic E-state index is 5.83. The first-order valence-electron chi connectivity index (χ1n) is 6.55. The second-order valence-corrected chi connectivity index (χ2v) is 4.73. The van der Waals surface area contributed by atoms with Crippen LogP contribution in [-0.2, 0) is 6.54 Å². The molecule has 4 nitrogen and oxygen atoms in total. The Labute approximate surface area is 117 Å². The van der Waals surface area contributed by atoms with Gasteiger partial charge in [0.15, 0.2) is 0 Å². The fourth-order valence-electron chi connectivity index (χ4n) is 2.24. The van der Waals surface area contributed by atoms with E-state index in [1.165, 1.54) is 0 Å². The number of nitrogens with zero attached hydrogens (tertiary/aromatic N) is 2. The summed E-state index contributed by atoms with van der Waals surface area (Å²) in [6.07, 6.45) is 8.20. The number of nitrogens with two attached hydrogens (primary N) is 2. The number of benzene rings is 1. The lowest BCUT2D eigenvalue weighted by molar-refractivity contribution is 0.986. The van der Waals surface area contributed by atoms with Gasteiger partial charge in [0.1, 0.15) is 0 Å². The highest BCUT2D eigenvalue weighted by molar-refractivity contribution is 5.61. The molecule has 0 fully saturated rings. The molecule has 0 spiro atoms. The predicted octanol–water partition coefficient (Wildman–Crippen LogP) is 2.39. The average Bonchev–Trinajstić information content (AvgIpc) is 3.01. The molecule has 4 heteroatoms. The van der Waals surface area contributed by atoms with Crippen LogP contribution >= 0.6 is 0 Å². The summed E-state index contributed by atoms with van der Waals surface area (Å²) in [4.78, 5) is 8.64. The normalized spacial score (nSPS) is 14.1. The molecule has 4 N–H and O–H groups in total. The van der Waals surface area contributed by atoms with Crippen molar-refractivity contribution in [1.82, 2.24) is 9.97 Å². The minimum absolute atomic E-state index is 0.183. The second-order valence-electron chi connectivity index (χ2n) is 4.73. The first-order chi connectivity index (χ1) is 9.76. The van der Waals surface area contributed by atoms with Gasteiger partial charge in [-0.15, -0.1) is 0 Å². The van der Waals surface area contributed by atoms with Gasteiger partial charge >= 0.3 is 0 Å². The van der Waals surface area contributed by atoms with Crippen LogP contribution in [-0.4, -0.2) is 9.97 Å². The molecule has 1 heterocycles. The molecule has 0 saturated heterocycles. The van der Waals surface area contributed by atoms with Crippen LogP contribution < -0.4 is 11.5 Å². The van der Waals surface area contributed by atoms with E-state index in [0.29, 0.717) is 12.5 Å². The Bertz CT molecular complexity index is 659. The molecule has 0 bridgehead atoms. The minimum Gasteiger partial charge on any atom is -0.368 e. The minimum atomic E-state index is 0.183. The van der Waals surface area contributed by atoms with E-state index in [0.717, 1.165) is 22.5 Å². The number of anilines is 1. The van der Waals surface area contributed by atoms with E-state index in [1.807, 2.05) is 42.5 Å². The van der Waals surface area contributed by atoms with Gasteiger partial charge in [-0.3, -0.25) is 0 Å². The van der Waals surface area contributed by atoms with Crippen molar-refractivity contribution in [3.8, 4) is 11.3 Å². The van der Waals surface area contributed by atoms with E-state index in [4.69, 9.17) is 11.5 Å². The van der Waals surface area contributed by atoms with E-state index < -0.39 is 0 Å². The van der Waals surface area contributed by atoms with Crippen molar-refractivity contribution in [1.29, 1.82) is 0 Å². The molecular weight excluding hydrogens is 248 g/mol. The number of nitrogen functional groups attached to an aromatic ring is 1. The molecule has 2 aromatic rings. The first-order valence-corrected chi connectivity index (χ1v) is 6.55. The standard InChI is InChI=1S/C16H16N4/c17-10-11-5-7-13(8-6-11)15-9-14(19-16(18)20-15)12-3-1-2-4-12/h1-9,12H,10,17H2,(H2,18,19,20). The van der Waals surface area contributed by atoms with Crippen molar-refractivity contribution in [3.63, 3.8) is 0 Å². The molecule has 1 aromatic carbocycles. The molecule has 1 aliphatic rings. The van der Waals surface area contributed by atoms with Gasteiger partial charge in [0.25, 0.3) is 0 Å². The van der Waals surface area contributed by atoms with Crippen molar-refractivity contribution in [3.05, 3.63) is 65.9 Å². The van der Waals surface area contributed by atoms with Crippen LogP contribution in [0.2, 0.25) is 0 Å². The summed E-state index contributed by atoms with van der Waals surface area (Å²) >= 11 is 0. The van der Waals surface area contributed by atoms with Crippen molar-refractivity contribution >= 4 is 5.95 Å². The smallest absolute Gasteiger partial charge is 0.220 e. The zero-order chi connectivity index (χ0) is 13.9. The van der Waals surface area contributed by atoms with Gasteiger partial charge in [-0.2, -0.15) is 0 Å². The lowest BCUT2D eigenvalue weighted by Crippen LogP contribution is -2.03. The lowest BCUT2D eigenvalue weighted by atomic mass is 10.0. The van der Waals surface area contributed by atoms with E-state index in [1.54, 1.807) is 0 Å². The topological polar surface area (TPSA) is 77.8 Å². The van der Waals surface area contributed by atoms with E-state index >= 15 is 0 Å². The highest BCUT2D eigenvalue weighted by atomic mass is 15.0. The molecule has 0 unspecified atom stereocenters. The van der Waals surface area contributed by atoms with Crippen LogP contribution in [0.1, 0.15) is 17.2 Å². The summed E-state index contributed by atoms with van der Waals surface area (Å²) in [6.45, 7) is 0.537. The molecular formula is C16H16N4. The second kappa shape index (κ2) is 5.27. The summed E-state index contributed by atoms with van der Waals surface area (Å²) < 4.78 is 0. The Kier molecular flexibility index (Phi) is 3.31. The molecule has 3 rings (SSSR count). The van der Waals surface area contributed by atoms with Gasteiger partial charge in [-0.25, -0.2) is 9.97 Å². The number of allylic oxidation sites excluding steroid dienone is 4. The third-order valence-electron chi connectivity index (χ3n) is 3.34. The highest BCUT2D eigenvalue weighted by Gasteiger charge is 2.12. The van der Waals surface area contributed by atoms with Gasteiger partial charge in [0, 0.05) is 18.0 Å². The lowest BCUT2D eigenvalue weighted by Gasteiger charge is -2.09. The maximum Gasteiger partial charge on any atom is 0.220 e. The highest BCUT2D eigenvalue weighted by Crippen LogP contribution is 2.26. The molecule has 100 valence electrons. The van der Waals surface area contributed by atoms with E-state index in [-0.39, 0.29) is 5.92 Å². The predicted molar refractivity (Wildman–Crippen MR) is 80.8 cm³/mol. The van der Waals surface area contributed by atoms with Gasteiger partial charge < -0.3 is 11.5 Å². The third-order valence-corrected chi connectivity index (χ3v) is 3.34. The summed E-state index contributed by atoms with van der Waals surface area (Å²) in [7, 11) is 0. The summed E-state index contributed by atoms with van der Waals surface area (Å²) in [6, 6.07) is 10.0. The van der Waals surface area contributed by atoms with Crippen molar-refractivity contribution in [2.75, 3.05) is 5.73 Å². The van der Waals surface area contributed by atoms with Gasteiger partial charge in [-0.1, -0.05) is 48.6 Å². The van der Waals surface area contributed by atoms with Crippen molar-refractivity contribution in [2.24, 2.45) is 5.73 Å². The summed E-state index contributed by atoms with van der Waals surface area (Å²) in [5.74, 6) is 0.483. The zero-order valence-electron chi connectivity index (χ0n) is 11.0. The molecule has 1 aromatic heterocycles. The third kappa shape index (κ3) is 2.46. The van der Waals surface area contributed by atoms with Crippen molar-refractivity contribution in [2.45, 2.75) is 12.5 Å². The van der Waals surface area contributed by atoms with E-state index in [9.17, 15) is 0 Å². The fourth-order valence-corrected chi connectivity index (χ4v) is 2.24. The SMILES string of the molecule is NCc1ccc(-c2cc(C3C=CC=C3)nc(N)n2)cc1. The number of rotatable bonds is 3. The first kappa shape index (κ1) is 12.6. The fraction of sp³-hybridized carbons (Fsp3) is 0.125. The molecule has 0 amide bonds. The van der Waals surface area contributed by atoms with Crippen LogP contribution in [0, 0.1) is 0 Å². The Morgan fingerprint density at radius 1 is 1.00 bits per heavy atom. The molecule has 20 heavy (non-hydrogen) atoms. The molecule has 0 aliphatic heterocycles. The van der Waals surface area contributed by atoms with E-state index in [2.05, 4.69) is 22.1 Å². The number of hydrogen-bond donors (Lipinski definition) is 2. The van der Waals surface area contributed by atoms with Crippen LogP contribution in [0.3, 0.4) is 0 Å². The largest absolute Gasteiger partial charge is 0.368 e. The van der Waals surface area contributed by atoms with Crippen LogP contribution in [0.15, 0.2) is 54.6 Å². The van der Waals surface area contributed by atoms with Crippen LogP contribution in [0.4, 0.5) is 5.95 Å².